The van der Waals surface area contributed by atoms with Gasteiger partial charge in [-0.3, -0.25) is 4.79 Å². The van der Waals surface area contributed by atoms with E-state index in [0.717, 1.165) is 67.9 Å². The van der Waals surface area contributed by atoms with Crippen LogP contribution >= 0.6 is 0 Å². The number of rotatable bonds is 13. The van der Waals surface area contributed by atoms with E-state index in [-0.39, 0.29) is 40.9 Å². The molecule has 0 aromatic heterocycles. The fourth-order valence-electron chi connectivity index (χ4n) is 15.8. The standard InChI is InChI=1S/C29H26O.C17H18O2.C16H18O3S.2C14H16O.C13H14O.C9H12O.4CH4/c1-19-5-9-22(10-6-19)29(23-11-13-24(30-4)14-12-23)27-17-20(2)7-15-25(27)26-16-8-21(3)18-28(26)29;1-11-5-6-14(9-12(11)2)17(18)15-7-8-16(19-4)13(3)10-15;1-11-5-6-14(9-12(11)2)20(17,18)15-7-8-16(19-4)13(3)10-15;1-9-5-12-7-11(3)14(15-4)8-13(12)6-10(9)2;1-9-5-10(2)13-8-14(15-4)11(3)7-12(13)6-9;1-9-4-5-11-7-10(2)13(14-3)8-12(11)6-9;1-7-4-5-9(10-3)8(2)6-7;;;;/h5-18H,1-4H3;5-10H,1-4H3;5-10H,1-4H3;2*5-8H,1-4H3;4-8H,1-3H3;4-6H,1-3H3;4*1H4. The molecular formula is C116H136O10S. The molecule has 15 aromatic carbocycles. The van der Waals surface area contributed by atoms with Crippen molar-refractivity contribution in [3.05, 3.63) is 394 Å². The molecule has 0 saturated heterocycles. The normalized spacial score (nSPS) is 11.0. The molecule has 0 heterocycles. The van der Waals surface area contributed by atoms with Crippen LogP contribution in [0.2, 0.25) is 0 Å². The Morgan fingerprint density at radius 1 is 0.236 bits per heavy atom. The smallest absolute Gasteiger partial charge is 0.206 e. The van der Waals surface area contributed by atoms with E-state index >= 15 is 0 Å². The monoisotopic (exact) mass is 1720 g/mol. The number of aryl methyl sites for hydroxylation is 19. The van der Waals surface area contributed by atoms with E-state index in [1.807, 2.05) is 103 Å². The van der Waals surface area contributed by atoms with Gasteiger partial charge in [-0.2, -0.15) is 0 Å². The van der Waals surface area contributed by atoms with Gasteiger partial charge < -0.3 is 33.2 Å². The molecule has 0 unspecified atom stereocenters. The first-order valence-electron chi connectivity index (χ1n) is 41.6. The van der Waals surface area contributed by atoms with Crippen LogP contribution in [0.1, 0.15) is 174 Å². The third-order valence-electron chi connectivity index (χ3n) is 23.2. The second kappa shape index (κ2) is 45.5. The summed E-state index contributed by atoms with van der Waals surface area (Å²) < 4.78 is 62.1. The van der Waals surface area contributed by atoms with Gasteiger partial charge >= 0.3 is 0 Å². The molecule has 1 aliphatic carbocycles. The first kappa shape index (κ1) is 103. The van der Waals surface area contributed by atoms with Gasteiger partial charge in [0.2, 0.25) is 9.84 Å². The Morgan fingerprint density at radius 3 is 1.03 bits per heavy atom. The summed E-state index contributed by atoms with van der Waals surface area (Å²) >= 11 is 0. The lowest BCUT2D eigenvalue weighted by atomic mass is 9.67. The van der Waals surface area contributed by atoms with Crippen LogP contribution in [0.15, 0.2) is 265 Å². The van der Waals surface area contributed by atoms with Crippen LogP contribution in [0.3, 0.4) is 0 Å². The van der Waals surface area contributed by atoms with Crippen LogP contribution in [0.25, 0.3) is 43.4 Å². The Kier molecular flexibility index (Phi) is 36.9. The summed E-state index contributed by atoms with van der Waals surface area (Å²) in [5.41, 5.74) is 31.6. The fraction of sp³-hybridized carbons (Fsp3) is 0.267. The molecule has 0 saturated carbocycles. The molecule has 0 amide bonds. The summed E-state index contributed by atoms with van der Waals surface area (Å²) in [5, 5.41) is 7.63. The zero-order valence-corrected chi connectivity index (χ0v) is 77.6. The topological polar surface area (TPSA) is 116 Å². The molecular weight excluding hydrogens is 1590 g/mol. The summed E-state index contributed by atoms with van der Waals surface area (Å²) in [6.45, 7) is 39.2. The molecule has 15 aromatic rings. The highest BCUT2D eigenvalue weighted by atomic mass is 32.2. The van der Waals surface area contributed by atoms with Crippen molar-refractivity contribution in [2.45, 2.75) is 176 Å². The maximum absolute atomic E-state index is 12.6. The third-order valence-corrected chi connectivity index (χ3v) is 24.9. The molecule has 10 nitrogen and oxygen atoms in total. The van der Waals surface area contributed by atoms with Gasteiger partial charge in [-0.15, -0.1) is 0 Å². The molecule has 16 rings (SSSR count). The summed E-state index contributed by atoms with van der Waals surface area (Å²) in [4.78, 5) is 13.0. The quantitative estimate of drug-likeness (QED) is 0.103. The Morgan fingerprint density at radius 2 is 0.559 bits per heavy atom. The number of hydrogen-bond donors (Lipinski definition) is 0. The van der Waals surface area contributed by atoms with Crippen molar-refractivity contribution in [3.8, 4) is 51.4 Å². The number of sulfone groups is 1. The Hall–Kier alpha value is -12.7. The van der Waals surface area contributed by atoms with Gasteiger partial charge in [-0.05, 0) is 379 Å². The highest BCUT2D eigenvalue weighted by molar-refractivity contribution is 7.91. The van der Waals surface area contributed by atoms with Crippen molar-refractivity contribution >= 4 is 47.9 Å². The van der Waals surface area contributed by atoms with E-state index in [0.29, 0.717) is 21.1 Å². The lowest BCUT2D eigenvalue weighted by molar-refractivity contribution is 0.103. The van der Waals surface area contributed by atoms with E-state index < -0.39 is 9.84 Å². The number of fused-ring (bicyclic) bond motifs is 6. The van der Waals surface area contributed by atoms with Crippen molar-refractivity contribution < 1.29 is 46.4 Å². The molecule has 127 heavy (non-hydrogen) atoms. The number of benzene rings is 15. The van der Waals surface area contributed by atoms with Crippen molar-refractivity contribution in [2.75, 3.05) is 49.8 Å². The zero-order chi connectivity index (χ0) is 89.5. The van der Waals surface area contributed by atoms with Crippen molar-refractivity contribution in [1.29, 1.82) is 0 Å². The maximum atomic E-state index is 12.6. The lowest BCUT2D eigenvalue weighted by Gasteiger charge is -2.34. The summed E-state index contributed by atoms with van der Waals surface area (Å²) in [7, 11) is 8.28. The number of methoxy groups -OCH3 is 7. The summed E-state index contributed by atoms with van der Waals surface area (Å²) in [6, 6.07) is 87.2. The van der Waals surface area contributed by atoms with Gasteiger partial charge in [0.1, 0.15) is 40.2 Å². The molecule has 1 aliphatic rings. The molecule has 0 atom stereocenters. The van der Waals surface area contributed by atoms with E-state index in [1.165, 1.54) is 144 Å². The van der Waals surface area contributed by atoms with Crippen LogP contribution in [0, 0.1) is 132 Å². The first-order chi connectivity index (χ1) is 58.6. The third kappa shape index (κ3) is 24.1. The second-order valence-corrected chi connectivity index (χ2v) is 34.5. The number of carbonyl (C=O) groups excluding carboxylic acids is 1. The molecule has 11 heteroatoms. The molecule has 0 spiro atoms. The molecule has 0 aliphatic heterocycles. The summed E-state index contributed by atoms with van der Waals surface area (Å²) in [6.07, 6.45) is 0. The maximum Gasteiger partial charge on any atom is 0.206 e. The lowest BCUT2D eigenvalue weighted by Crippen LogP contribution is -2.28. The van der Waals surface area contributed by atoms with Gasteiger partial charge in [-0.25, -0.2) is 8.42 Å². The average molecular weight is 1720 g/mol. The van der Waals surface area contributed by atoms with E-state index in [9.17, 15) is 13.2 Å². The predicted octanol–water partition coefficient (Wildman–Crippen LogP) is 30.2. The highest BCUT2D eigenvalue weighted by Gasteiger charge is 2.46. The van der Waals surface area contributed by atoms with Crippen molar-refractivity contribution in [3.63, 3.8) is 0 Å². The van der Waals surface area contributed by atoms with E-state index in [1.54, 1.807) is 80.1 Å². The SMILES string of the molecule is C.C.C.C.COc1cc2c(C)cc(C)cc2cc1C.COc1cc2cc(C)c(C)cc2cc1C.COc1cc2cc(C)ccc2cc1C.COc1ccc(C(=O)c2ccc(C)c(C)c2)cc1C.COc1ccc(C)cc1C.COc1ccc(C2(c3ccc(C)cc3)c3cc(C)ccc3-c3ccc(C)cc32)cc1.COc1ccc(S(=O)(=O)c2ccc(C)c(C)c2)cc1C. The minimum atomic E-state index is -3.48. The number of ketones is 1. The molecule has 0 N–H and O–H groups in total. The fourth-order valence-corrected chi connectivity index (χ4v) is 17.3. The minimum absolute atomic E-state index is 0. The Balaban J connectivity index is 0.000000233. The summed E-state index contributed by atoms with van der Waals surface area (Å²) in [5.74, 6) is 6.27. The van der Waals surface area contributed by atoms with Crippen LogP contribution in [-0.4, -0.2) is 64.0 Å². The number of hydrogen-bond acceptors (Lipinski definition) is 10. The van der Waals surface area contributed by atoms with E-state index in [2.05, 4.69) is 253 Å². The van der Waals surface area contributed by atoms with E-state index in [4.69, 9.17) is 33.2 Å². The Labute approximate surface area is 760 Å². The van der Waals surface area contributed by atoms with Gasteiger partial charge in [0.25, 0.3) is 0 Å². The van der Waals surface area contributed by atoms with Gasteiger partial charge in [0, 0.05) is 11.1 Å². The largest absolute Gasteiger partial charge is 0.497 e. The second-order valence-electron chi connectivity index (χ2n) is 32.5. The number of carbonyl (C=O) groups is 1. The zero-order valence-electron chi connectivity index (χ0n) is 76.7. The van der Waals surface area contributed by atoms with Gasteiger partial charge in [0.15, 0.2) is 5.78 Å². The van der Waals surface area contributed by atoms with Gasteiger partial charge in [-0.1, -0.05) is 209 Å². The van der Waals surface area contributed by atoms with Crippen LogP contribution in [-0.2, 0) is 15.3 Å². The molecule has 0 radical (unpaired) electrons. The van der Waals surface area contributed by atoms with Crippen LogP contribution in [0.4, 0.5) is 0 Å². The van der Waals surface area contributed by atoms with Gasteiger partial charge in [0.05, 0.1) is 65.0 Å². The Bertz CT molecular complexity index is 6400. The number of ether oxygens (including phenoxy) is 7. The van der Waals surface area contributed by atoms with Crippen LogP contribution in [0.5, 0.6) is 40.2 Å². The van der Waals surface area contributed by atoms with Crippen molar-refractivity contribution in [2.24, 2.45) is 0 Å². The van der Waals surface area contributed by atoms with Crippen molar-refractivity contribution in [1.82, 2.24) is 0 Å². The average Bonchev–Trinajstić information content (AvgIpc) is 1.53. The predicted molar refractivity (Wildman–Crippen MR) is 539 cm³/mol. The minimum Gasteiger partial charge on any atom is -0.497 e. The van der Waals surface area contributed by atoms with Crippen LogP contribution < -0.4 is 33.2 Å². The molecule has 0 fully saturated rings. The highest BCUT2D eigenvalue weighted by Crippen LogP contribution is 2.57. The molecule has 0 bridgehead atoms. The molecule has 666 valence electrons. The first-order valence-corrected chi connectivity index (χ1v) is 43.0.